The summed E-state index contributed by atoms with van der Waals surface area (Å²) in [6, 6.07) is 5.45. The number of benzene rings is 1. The molecule has 0 saturated carbocycles. The minimum atomic E-state index is -0.140. The Bertz CT molecular complexity index is 593. The first-order valence-electron chi connectivity index (χ1n) is 6.23. The second kappa shape index (κ2) is 5.57. The zero-order valence-electron chi connectivity index (χ0n) is 10.4. The Hall–Kier alpha value is -1.62. The minimum Gasteiger partial charge on any atom is -0.206 e. The van der Waals surface area contributed by atoms with Crippen LogP contribution < -0.4 is 0 Å². The van der Waals surface area contributed by atoms with Gasteiger partial charge in [0, 0.05) is 17.7 Å². The number of halogens is 1. The van der Waals surface area contributed by atoms with Gasteiger partial charge in [-0.25, -0.2) is 4.39 Å². The average Bonchev–Trinajstić information content (AvgIpc) is 2.93. The van der Waals surface area contributed by atoms with Gasteiger partial charge in [-0.15, -0.1) is 0 Å². The molecule has 3 rings (SSSR count). The van der Waals surface area contributed by atoms with Crippen molar-refractivity contribution in [1.82, 2.24) is 15.4 Å². The Kier molecular flexibility index (Phi) is 3.64. The van der Waals surface area contributed by atoms with Gasteiger partial charge >= 0.3 is 0 Å². The Morgan fingerprint density at radius 3 is 3.00 bits per heavy atom. The van der Waals surface area contributed by atoms with Crippen molar-refractivity contribution in [2.75, 3.05) is 11.5 Å². The summed E-state index contributed by atoms with van der Waals surface area (Å²) < 4.78 is 14.2. The van der Waals surface area contributed by atoms with Crippen LogP contribution in [-0.2, 0) is 6.42 Å². The Balaban J connectivity index is 1.83. The molecule has 3 nitrogen and oxygen atoms in total. The lowest BCUT2D eigenvalue weighted by atomic mass is 9.99. The number of hydrogen-bond acceptors (Lipinski definition) is 3. The van der Waals surface area contributed by atoms with Gasteiger partial charge in [0.05, 0.1) is 11.9 Å². The Morgan fingerprint density at radius 2 is 2.32 bits per heavy atom. The van der Waals surface area contributed by atoms with Gasteiger partial charge in [0.1, 0.15) is 5.82 Å². The average molecular weight is 275 g/mol. The molecule has 0 spiro atoms. The number of H-pyrrole nitrogens is 1. The zero-order valence-corrected chi connectivity index (χ0v) is 11.2. The smallest absolute Gasteiger partial charge is 0.130 e. The molecule has 0 radical (unpaired) electrons. The van der Waals surface area contributed by atoms with Gasteiger partial charge in [0.25, 0.3) is 0 Å². The summed E-state index contributed by atoms with van der Waals surface area (Å²) >= 11 is 1.89. The number of nitrogens with one attached hydrogen (secondary N) is 1. The van der Waals surface area contributed by atoms with Gasteiger partial charge < -0.3 is 0 Å². The predicted molar refractivity (Wildman–Crippen MR) is 75.5 cm³/mol. The molecule has 0 bridgehead atoms. The summed E-state index contributed by atoms with van der Waals surface area (Å²) in [5.74, 6) is 1.92. The SMILES string of the molecule is Fc1cc(Cc2cn[nH]n2)ccc1C1=CCSCC1. The maximum absolute atomic E-state index is 14.2. The van der Waals surface area contributed by atoms with Crippen LogP contribution in [0, 0.1) is 5.82 Å². The van der Waals surface area contributed by atoms with E-state index in [1.165, 1.54) is 0 Å². The second-order valence-electron chi connectivity index (χ2n) is 4.51. The van der Waals surface area contributed by atoms with E-state index >= 15 is 0 Å². The molecule has 19 heavy (non-hydrogen) atoms. The molecule has 2 aromatic rings. The van der Waals surface area contributed by atoms with Crippen LogP contribution in [0.4, 0.5) is 4.39 Å². The molecule has 98 valence electrons. The minimum absolute atomic E-state index is 0.140. The molecule has 0 atom stereocenters. The van der Waals surface area contributed by atoms with Crippen LogP contribution in [0.15, 0.2) is 30.5 Å². The maximum atomic E-state index is 14.2. The van der Waals surface area contributed by atoms with Crippen molar-refractivity contribution in [2.45, 2.75) is 12.8 Å². The Labute approximate surface area is 115 Å². The van der Waals surface area contributed by atoms with E-state index in [-0.39, 0.29) is 5.82 Å². The third-order valence-corrected chi connectivity index (χ3v) is 4.09. The summed E-state index contributed by atoms with van der Waals surface area (Å²) in [6.45, 7) is 0. The van der Waals surface area contributed by atoms with Crippen LogP contribution in [-0.4, -0.2) is 26.9 Å². The summed E-state index contributed by atoms with van der Waals surface area (Å²) in [6.07, 6.45) is 5.34. The molecule has 1 aromatic heterocycles. The van der Waals surface area contributed by atoms with E-state index in [1.807, 2.05) is 23.9 Å². The summed E-state index contributed by atoms with van der Waals surface area (Å²) in [7, 11) is 0. The van der Waals surface area contributed by atoms with Crippen LogP contribution in [0.1, 0.15) is 23.2 Å². The first kappa shape index (κ1) is 12.4. The monoisotopic (exact) mass is 275 g/mol. The fourth-order valence-electron chi connectivity index (χ4n) is 2.22. The second-order valence-corrected chi connectivity index (χ2v) is 5.66. The lowest BCUT2D eigenvalue weighted by molar-refractivity contribution is 0.621. The number of nitrogens with zero attached hydrogens (tertiary/aromatic N) is 2. The molecule has 0 saturated heterocycles. The standard InChI is InChI=1S/C14H14FN3S/c15-14-8-10(7-12-9-16-18-17-12)1-2-13(14)11-3-5-19-6-4-11/h1-3,8-9H,4-7H2,(H,16,17,18). The summed E-state index contributed by atoms with van der Waals surface area (Å²) in [5, 5.41) is 10.3. The molecule has 5 heteroatoms. The van der Waals surface area contributed by atoms with Gasteiger partial charge in [0.2, 0.25) is 0 Å². The van der Waals surface area contributed by atoms with Gasteiger partial charge in [-0.1, -0.05) is 18.2 Å². The number of aromatic amines is 1. The predicted octanol–water partition coefficient (Wildman–Crippen LogP) is 3.05. The molecule has 0 amide bonds. The molecular formula is C14H14FN3S. The van der Waals surface area contributed by atoms with Crippen LogP contribution in [0.2, 0.25) is 0 Å². The molecular weight excluding hydrogens is 261 g/mol. The number of allylic oxidation sites excluding steroid dienone is 1. The molecule has 2 heterocycles. The van der Waals surface area contributed by atoms with E-state index in [0.29, 0.717) is 6.42 Å². The highest BCUT2D eigenvalue weighted by molar-refractivity contribution is 7.99. The highest BCUT2D eigenvalue weighted by Crippen LogP contribution is 2.28. The van der Waals surface area contributed by atoms with Crippen molar-refractivity contribution in [3.8, 4) is 0 Å². The highest BCUT2D eigenvalue weighted by atomic mass is 32.2. The highest BCUT2D eigenvalue weighted by Gasteiger charge is 2.12. The van der Waals surface area contributed by atoms with E-state index < -0.39 is 0 Å². The fraction of sp³-hybridized carbons (Fsp3) is 0.286. The topological polar surface area (TPSA) is 41.6 Å². The number of thioether (sulfide) groups is 1. The van der Waals surface area contributed by atoms with Crippen molar-refractivity contribution in [3.05, 3.63) is 53.1 Å². The van der Waals surface area contributed by atoms with Gasteiger partial charge in [-0.2, -0.15) is 27.2 Å². The van der Waals surface area contributed by atoms with Gasteiger partial charge in [-0.05, 0) is 29.4 Å². The van der Waals surface area contributed by atoms with Gasteiger partial charge in [0.15, 0.2) is 0 Å². The van der Waals surface area contributed by atoms with Crippen molar-refractivity contribution < 1.29 is 4.39 Å². The third-order valence-electron chi connectivity index (χ3n) is 3.19. The number of rotatable bonds is 3. The molecule has 1 aliphatic rings. The largest absolute Gasteiger partial charge is 0.206 e. The Morgan fingerprint density at radius 1 is 1.37 bits per heavy atom. The lowest BCUT2D eigenvalue weighted by Crippen LogP contribution is -1.99. The van der Waals surface area contributed by atoms with E-state index in [9.17, 15) is 4.39 Å². The fourth-order valence-corrected chi connectivity index (χ4v) is 3.07. The zero-order chi connectivity index (χ0) is 13.1. The molecule has 1 N–H and O–H groups in total. The summed E-state index contributed by atoms with van der Waals surface area (Å²) in [4.78, 5) is 0. The summed E-state index contributed by atoms with van der Waals surface area (Å²) in [5.41, 5.74) is 3.61. The number of aromatic nitrogens is 3. The lowest BCUT2D eigenvalue weighted by Gasteiger charge is -2.14. The molecule has 0 aliphatic carbocycles. The first-order chi connectivity index (χ1) is 9.33. The molecule has 1 aromatic carbocycles. The van der Waals surface area contributed by atoms with E-state index in [2.05, 4.69) is 21.5 Å². The van der Waals surface area contributed by atoms with E-state index in [0.717, 1.165) is 40.3 Å². The van der Waals surface area contributed by atoms with E-state index in [1.54, 1.807) is 12.3 Å². The van der Waals surface area contributed by atoms with Crippen molar-refractivity contribution in [3.63, 3.8) is 0 Å². The van der Waals surface area contributed by atoms with Crippen LogP contribution in [0.3, 0.4) is 0 Å². The third kappa shape index (κ3) is 2.87. The van der Waals surface area contributed by atoms with Crippen LogP contribution >= 0.6 is 11.8 Å². The van der Waals surface area contributed by atoms with Gasteiger partial charge in [-0.3, -0.25) is 0 Å². The number of hydrogen-bond donors (Lipinski definition) is 1. The molecule has 0 unspecified atom stereocenters. The van der Waals surface area contributed by atoms with E-state index in [4.69, 9.17) is 0 Å². The van der Waals surface area contributed by atoms with Crippen molar-refractivity contribution >= 4 is 17.3 Å². The first-order valence-corrected chi connectivity index (χ1v) is 7.38. The maximum Gasteiger partial charge on any atom is 0.130 e. The van der Waals surface area contributed by atoms with Crippen molar-refractivity contribution in [1.29, 1.82) is 0 Å². The normalized spacial score (nSPS) is 15.3. The van der Waals surface area contributed by atoms with Crippen molar-refractivity contribution in [2.24, 2.45) is 0 Å². The molecule has 0 fully saturated rings. The van der Waals surface area contributed by atoms with Crippen LogP contribution in [0.5, 0.6) is 0 Å². The quantitative estimate of drug-likeness (QED) is 0.936. The van der Waals surface area contributed by atoms with Crippen LogP contribution in [0.25, 0.3) is 5.57 Å². The molecule has 1 aliphatic heterocycles.